The van der Waals surface area contributed by atoms with Crippen molar-refractivity contribution in [3.63, 3.8) is 0 Å². The van der Waals surface area contributed by atoms with Gasteiger partial charge in [0.05, 0.1) is 30.6 Å². The van der Waals surface area contributed by atoms with Gasteiger partial charge in [-0.1, -0.05) is 36.7 Å². The second kappa shape index (κ2) is 11.3. The SMILES string of the molecule is CCC(C)N(Cc1c(C)nn(-c2ccccc2)c1Oc1ccc(OC)cc1)C(=O)c1ccc(Cl)cc1. The predicted molar refractivity (Wildman–Crippen MR) is 142 cm³/mol. The number of hydrogen-bond acceptors (Lipinski definition) is 4. The van der Waals surface area contributed by atoms with E-state index in [4.69, 9.17) is 26.2 Å². The van der Waals surface area contributed by atoms with Crippen molar-refractivity contribution < 1.29 is 14.3 Å². The van der Waals surface area contributed by atoms with E-state index in [9.17, 15) is 4.79 Å². The first kappa shape index (κ1) is 25.3. The Morgan fingerprint density at radius 3 is 2.25 bits per heavy atom. The molecule has 6 nitrogen and oxygen atoms in total. The second-order valence-corrected chi connectivity index (χ2v) is 9.03. The fraction of sp³-hybridized carbons (Fsp3) is 0.241. The Morgan fingerprint density at radius 1 is 1.00 bits per heavy atom. The third-order valence-electron chi connectivity index (χ3n) is 6.22. The minimum absolute atomic E-state index is 0.00138. The van der Waals surface area contributed by atoms with Crippen molar-refractivity contribution in [2.45, 2.75) is 39.8 Å². The van der Waals surface area contributed by atoms with E-state index in [1.165, 1.54) is 0 Å². The molecule has 4 rings (SSSR count). The summed E-state index contributed by atoms with van der Waals surface area (Å²) in [7, 11) is 1.63. The van der Waals surface area contributed by atoms with E-state index in [0.717, 1.165) is 29.1 Å². The van der Waals surface area contributed by atoms with Crippen molar-refractivity contribution in [1.29, 1.82) is 0 Å². The zero-order chi connectivity index (χ0) is 25.7. The molecule has 1 heterocycles. The Morgan fingerprint density at radius 2 is 1.64 bits per heavy atom. The van der Waals surface area contributed by atoms with Crippen LogP contribution in [0.15, 0.2) is 78.9 Å². The molecule has 1 amide bonds. The topological polar surface area (TPSA) is 56.6 Å². The summed E-state index contributed by atoms with van der Waals surface area (Å²) in [6.45, 7) is 6.41. The summed E-state index contributed by atoms with van der Waals surface area (Å²) in [5, 5.41) is 5.40. The predicted octanol–water partition coefficient (Wildman–Crippen LogP) is 7.08. The van der Waals surface area contributed by atoms with E-state index in [1.54, 1.807) is 36.1 Å². The van der Waals surface area contributed by atoms with Crippen molar-refractivity contribution in [2.24, 2.45) is 0 Å². The maximum atomic E-state index is 13.6. The maximum Gasteiger partial charge on any atom is 0.254 e. The zero-order valence-corrected chi connectivity index (χ0v) is 21.7. The van der Waals surface area contributed by atoms with Crippen LogP contribution in [0.3, 0.4) is 0 Å². The molecule has 186 valence electrons. The van der Waals surface area contributed by atoms with Crippen molar-refractivity contribution >= 4 is 17.5 Å². The molecule has 1 unspecified atom stereocenters. The molecule has 0 N–H and O–H groups in total. The summed E-state index contributed by atoms with van der Waals surface area (Å²) in [4.78, 5) is 15.5. The van der Waals surface area contributed by atoms with Crippen LogP contribution in [0.1, 0.15) is 41.9 Å². The first-order valence-corrected chi connectivity index (χ1v) is 12.3. The minimum Gasteiger partial charge on any atom is -0.497 e. The number of nitrogens with zero attached hydrogens (tertiary/aromatic N) is 3. The Bertz CT molecular complexity index is 1300. The summed E-state index contributed by atoms with van der Waals surface area (Å²) < 4.78 is 13.5. The quantitative estimate of drug-likeness (QED) is 0.245. The Balaban J connectivity index is 1.76. The van der Waals surface area contributed by atoms with Crippen LogP contribution < -0.4 is 9.47 Å². The van der Waals surface area contributed by atoms with E-state index >= 15 is 0 Å². The lowest BCUT2D eigenvalue weighted by Gasteiger charge is -2.29. The fourth-order valence-corrected chi connectivity index (χ4v) is 4.03. The molecule has 4 aromatic rings. The van der Waals surface area contributed by atoms with Gasteiger partial charge in [-0.25, -0.2) is 4.68 Å². The van der Waals surface area contributed by atoms with E-state index < -0.39 is 0 Å². The van der Waals surface area contributed by atoms with Crippen molar-refractivity contribution in [1.82, 2.24) is 14.7 Å². The summed E-state index contributed by atoms with van der Waals surface area (Å²) in [5.74, 6) is 1.89. The van der Waals surface area contributed by atoms with Crippen LogP contribution in [-0.2, 0) is 6.54 Å². The van der Waals surface area contributed by atoms with Gasteiger partial charge in [0.2, 0.25) is 5.88 Å². The van der Waals surface area contributed by atoms with E-state index in [1.807, 2.05) is 66.4 Å². The largest absolute Gasteiger partial charge is 0.497 e. The number of aromatic nitrogens is 2. The summed E-state index contributed by atoms with van der Waals surface area (Å²) >= 11 is 6.05. The molecule has 0 aliphatic heterocycles. The average Bonchev–Trinajstić information content (AvgIpc) is 3.22. The Hall–Kier alpha value is -3.77. The number of hydrogen-bond donors (Lipinski definition) is 0. The van der Waals surface area contributed by atoms with E-state index in [2.05, 4.69) is 13.8 Å². The number of para-hydroxylation sites is 1. The molecule has 1 atom stereocenters. The van der Waals surface area contributed by atoms with Gasteiger partial charge in [-0.2, -0.15) is 5.10 Å². The van der Waals surface area contributed by atoms with Gasteiger partial charge in [0.1, 0.15) is 11.5 Å². The third kappa shape index (κ3) is 5.55. The highest BCUT2D eigenvalue weighted by Gasteiger charge is 2.27. The molecule has 0 saturated heterocycles. The molecule has 0 radical (unpaired) electrons. The highest BCUT2D eigenvalue weighted by atomic mass is 35.5. The van der Waals surface area contributed by atoms with Crippen LogP contribution in [-0.4, -0.2) is 33.7 Å². The van der Waals surface area contributed by atoms with Crippen molar-refractivity contribution in [3.8, 4) is 23.1 Å². The molecule has 0 aliphatic carbocycles. The summed E-state index contributed by atoms with van der Waals surface area (Å²) in [5.41, 5.74) is 3.09. The first-order chi connectivity index (χ1) is 17.4. The molecule has 0 fully saturated rings. The summed E-state index contributed by atoms with van der Waals surface area (Å²) in [6, 6.07) is 24.2. The molecule has 0 aliphatic rings. The van der Waals surface area contributed by atoms with Crippen LogP contribution in [0.5, 0.6) is 17.4 Å². The molecule has 1 aromatic heterocycles. The minimum atomic E-state index is -0.0664. The van der Waals surface area contributed by atoms with Gasteiger partial charge in [0, 0.05) is 16.6 Å². The molecule has 0 bridgehead atoms. The number of amides is 1. The van der Waals surface area contributed by atoms with E-state index in [0.29, 0.717) is 28.8 Å². The molecular weight excluding hydrogens is 474 g/mol. The van der Waals surface area contributed by atoms with Crippen LogP contribution in [0.25, 0.3) is 5.69 Å². The average molecular weight is 504 g/mol. The van der Waals surface area contributed by atoms with Gasteiger partial charge in [-0.15, -0.1) is 0 Å². The van der Waals surface area contributed by atoms with Crippen molar-refractivity contribution in [2.75, 3.05) is 7.11 Å². The second-order valence-electron chi connectivity index (χ2n) is 8.59. The monoisotopic (exact) mass is 503 g/mol. The standard InChI is InChI=1S/C29H30ClN3O3/c1-5-20(2)32(28(34)22-11-13-23(30)14-12-22)19-27-21(3)31-33(24-9-7-6-8-10-24)29(27)36-26-17-15-25(35-4)16-18-26/h6-18,20H,5,19H2,1-4H3. The highest BCUT2D eigenvalue weighted by Crippen LogP contribution is 2.33. The van der Waals surface area contributed by atoms with Gasteiger partial charge in [0.25, 0.3) is 5.91 Å². The van der Waals surface area contributed by atoms with Gasteiger partial charge in [-0.3, -0.25) is 4.79 Å². The molecule has 0 spiro atoms. The number of carbonyl (C=O) groups excluding carboxylic acids is 1. The van der Waals surface area contributed by atoms with Gasteiger partial charge in [0.15, 0.2) is 0 Å². The van der Waals surface area contributed by atoms with Crippen LogP contribution in [0.2, 0.25) is 5.02 Å². The number of ether oxygens (including phenoxy) is 2. The number of methoxy groups -OCH3 is 1. The van der Waals surface area contributed by atoms with Gasteiger partial charge >= 0.3 is 0 Å². The van der Waals surface area contributed by atoms with Crippen LogP contribution in [0.4, 0.5) is 0 Å². The van der Waals surface area contributed by atoms with E-state index in [-0.39, 0.29) is 11.9 Å². The Labute approximate surface area is 217 Å². The molecule has 36 heavy (non-hydrogen) atoms. The molecular formula is C29H30ClN3O3. The number of halogens is 1. The molecule has 7 heteroatoms. The maximum absolute atomic E-state index is 13.6. The molecule has 3 aromatic carbocycles. The fourth-order valence-electron chi connectivity index (χ4n) is 3.90. The highest BCUT2D eigenvalue weighted by molar-refractivity contribution is 6.30. The smallest absolute Gasteiger partial charge is 0.254 e. The molecule has 0 saturated carbocycles. The third-order valence-corrected chi connectivity index (χ3v) is 6.47. The lowest BCUT2D eigenvalue weighted by atomic mass is 10.1. The van der Waals surface area contributed by atoms with Crippen molar-refractivity contribution in [3.05, 3.63) is 101 Å². The van der Waals surface area contributed by atoms with Gasteiger partial charge in [-0.05, 0) is 80.9 Å². The Kier molecular flexibility index (Phi) is 7.96. The number of rotatable bonds is 9. The summed E-state index contributed by atoms with van der Waals surface area (Å²) in [6.07, 6.45) is 0.805. The van der Waals surface area contributed by atoms with Crippen LogP contribution in [0, 0.1) is 6.92 Å². The number of carbonyl (C=O) groups is 1. The zero-order valence-electron chi connectivity index (χ0n) is 20.9. The number of aryl methyl sites for hydroxylation is 1. The lowest BCUT2D eigenvalue weighted by molar-refractivity contribution is 0.0670. The first-order valence-electron chi connectivity index (χ1n) is 11.9. The van der Waals surface area contributed by atoms with Crippen LogP contribution >= 0.6 is 11.6 Å². The normalized spacial score (nSPS) is 11.7. The number of benzene rings is 3. The lowest BCUT2D eigenvalue weighted by Crippen LogP contribution is -2.38. The van der Waals surface area contributed by atoms with Gasteiger partial charge < -0.3 is 14.4 Å².